The average molecular weight is 246 g/mol. The maximum atomic E-state index is 9.04. The van der Waals surface area contributed by atoms with Crippen molar-refractivity contribution in [1.82, 2.24) is 9.80 Å². The van der Waals surface area contributed by atoms with Crippen molar-refractivity contribution < 1.29 is 14.6 Å². The van der Waals surface area contributed by atoms with Crippen LogP contribution in [0.3, 0.4) is 0 Å². The van der Waals surface area contributed by atoms with E-state index in [1.54, 1.807) is 14.2 Å². The molecule has 17 heavy (non-hydrogen) atoms. The van der Waals surface area contributed by atoms with Crippen LogP contribution in [-0.2, 0) is 9.47 Å². The highest BCUT2D eigenvalue weighted by atomic mass is 16.7. The third-order valence-electron chi connectivity index (χ3n) is 3.46. The lowest BCUT2D eigenvalue weighted by Gasteiger charge is -2.47. The second kappa shape index (κ2) is 6.66. The van der Waals surface area contributed by atoms with E-state index in [4.69, 9.17) is 14.6 Å². The first kappa shape index (κ1) is 14.9. The first-order chi connectivity index (χ1) is 8.03. The molecule has 0 aliphatic carbocycles. The molecule has 0 spiro atoms. The van der Waals surface area contributed by atoms with Gasteiger partial charge in [0.2, 0.25) is 0 Å². The highest BCUT2D eigenvalue weighted by Crippen LogP contribution is 2.20. The summed E-state index contributed by atoms with van der Waals surface area (Å²) in [5, 5.41) is 9.04. The summed E-state index contributed by atoms with van der Waals surface area (Å²) in [5.41, 5.74) is 0.0903. The summed E-state index contributed by atoms with van der Waals surface area (Å²) >= 11 is 0. The molecule has 0 saturated carbocycles. The van der Waals surface area contributed by atoms with Crippen molar-refractivity contribution in [2.24, 2.45) is 0 Å². The number of hydrogen-bond acceptors (Lipinski definition) is 5. The molecular formula is C12H26N2O3. The Kier molecular flexibility index (Phi) is 5.82. The fraction of sp³-hybridized carbons (Fsp3) is 1.00. The second-order valence-corrected chi connectivity index (χ2v) is 5.16. The number of piperazine rings is 1. The average Bonchev–Trinajstić information content (AvgIpc) is 2.29. The zero-order chi connectivity index (χ0) is 12.9. The van der Waals surface area contributed by atoms with Gasteiger partial charge in [0.05, 0.1) is 6.61 Å². The Morgan fingerprint density at radius 2 is 1.88 bits per heavy atom. The minimum Gasteiger partial charge on any atom is -0.395 e. The zero-order valence-electron chi connectivity index (χ0n) is 11.5. The minimum absolute atomic E-state index is 0.0903. The molecule has 0 bridgehead atoms. The minimum atomic E-state index is -0.157. The van der Waals surface area contributed by atoms with Crippen molar-refractivity contribution in [3.63, 3.8) is 0 Å². The first-order valence-corrected chi connectivity index (χ1v) is 6.17. The Bertz CT molecular complexity index is 220. The Hall–Kier alpha value is -0.200. The number of nitrogens with zero attached hydrogens (tertiary/aromatic N) is 2. The van der Waals surface area contributed by atoms with E-state index >= 15 is 0 Å². The third kappa shape index (κ3) is 4.19. The van der Waals surface area contributed by atoms with Crippen molar-refractivity contribution in [2.45, 2.75) is 25.7 Å². The number of hydrogen-bond donors (Lipinski definition) is 1. The lowest BCUT2D eigenvalue weighted by molar-refractivity contribution is -0.126. The van der Waals surface area contributed by atoms with Crippen LogP contribution in [0.15, 0.2) is 0 Å². The molecule has 0 radical (unpaired) electrons. The van der Waals surface area contributed by atoms with Crippen molar-refractivity contribution in [2.75, 3.05) is 53.6 Å². The predicted molar refractivity (Wildman–Crippen MR) is 67.0 cm³/mol. The second-order valence-electron chi connectivity index (χ2n) is 5.16. The van der Waals surface area contributed by atoms with Gasteiger partial charge in [-0.2, -0.15) is 0 Å². The molecular weight excluding hydrogens is 220 g/mol. The molecule has 5 heteroatoms. The topological polar surface area (TPSA) is 45.2 Å². The van der Waals surface area contributed by atoms with Crippen LogP contribution in [0.4, 0.5) is 0 Å². The Morgan fingerprint density at radius 1 is 1.24 bits per heavy atom. The van der Waals surface area contributed by atoms with Crippen molar-refractivity contribution in [3.05, 3.63) is 0 Å². The van der Waals surface area contributed by atoms with E-state index in [1.165, 1.54) is 0 Å². The van der Waals surface area contributed by atoms with Crippen molar-refractivity contribution in [1.29, 1.82) is 0 Å². The number of methoxy groups -OCH3 is 2. The Balaban J connectivity index is 2.48. The highest BCUT2D eigenvalue weighted by Gasteiger charge is 2.33. The molecule has 102 valence electrons. The van der Waals surface area contributed by atoms with Gasteiger partial charge >= 0.3 is 0 Å². The van der Waals surface area contributed by atoms with E-state index < -0.39 is 0 Å². The number of aliphatic hydroxyl groups excluding tert-OH is 1. The summed E-state index contributed by atoms with van der Waals surface area (Å²) in [6.07, 6.45) is -0.157. The van der Waals surface area contributed by atoms with Gasteiger partial charge in [0.15, 0.2) is 6.29 Å². The van der Waals surface area contributed by atoms with Crippen LogP contribution in [-0.4, -0.2) is 80.3 Å². The van der Waals surface area contributed by atoms with Gasteiger partial charge in [-0.15, -0.1) is 0 Å². The van der Waals surface area contributed by atoms with Gasteiger partial charge in [0.25, 0.3) is 0 Å². The van der Waals surface area contributed by atoms with E-state index in [-0.39, 0.29) is 18.4 Å². The van der Waals surface area contributed by atoms with Crippen LogP contribution in [0.2, 0.25) is 0 Å². The number of rotatable bonds is 6. The summed E-state index contributed by atoms with van der Waals surface area (Å²) < 4.78 is 10.5. The summed E-state index contributed by atoms with van der Waals surface area (Å²) in [4.78, 5) is 4.68. The molecule has 0 atom stereocenters. The van der Waals surface area contributed by atoms with Crippen molar-refractivity contribution in [3.8, 4) is 0 Å². The molecule has 1 saturated heterocycles. The van der Waals surface area contributed by atoms with Crippen LogP contribution in [0.25, 0.3) is 0 Å². The maximum Gasteiger partial charge on any atom is 0.169 e. The van der Waals surface area contributed by atoms with Crippen molar-refractivity contribution >= 4 is 0 Å². The van der Waals surface area contributed by atoms with Crippen LogP contribution in [0.5, 0.6) is 0 Å². The van der Waals surface area contributed by atoms with Gasteiger partial charge in [-0.3, -0.25) is 9.80 Å². The van der Waals surface area contributed by atoms with E-state index in [2.05, 4.69) is 23.6 Å². The number of β-amino-alcohol motifs (C(OH)–C–C–N with tert-alkyl or cyclic N) is 1. The van der Waals surface area contributed by atoms with Crippen LogP contribution in [0.1, 0.15) is 13.8 Å². The maximum absolute atomic E-state index is 9.04. The van der Waals surface area contributed by atoms with E-state index in [0.29, 0.717) is 0 Å². The van der Waals surface area contributed by atoms with Gasteiger partial charge < -0.3 is 14.6 Å². The molecule has 1 fully saturated rings. The van der Waals surface area contributed by atoms with Gasteiger partial charge in [-0.05, 0) is 13.8 Å². The molecule has 0 aromatic rings. The quantitative estimate of drug-likeness (QED) is 0.668. The monoisotopic (exact) mass is 246 g/mol. The Morgan fingerprint density at radius 3 is 2.35 bits per heavy atom. The summed E-state index contributed by atoms with van der Waals surface area (Å²) in [6, 6.07) is 0. The summed E-state index contributed by atoms with van der Waals surface area (Å²) in [6.45, 7) is 9.13. The predicted octanol–water partition coefficient (Wildman–Crippen LogP) is -0.00620. The third-order valence-corrected chi connectivity index (χ3v) is 3.46. The molecule has 5 nitrogen and oxygen atoms in total. The molecule has 1 heterocycles. The molecule has 0 amide bonds. The first-order valence-electron chi connectivity index (χ1n) is 6.17. The molecule has 1 aliphatic heterocycles. The van der Waals surface area contributed by atoms with Crippen LogP contribution < -0.4 is 0 Å². The molecule has 1 N–H and O–H groups in total. The Labute approximate surface area is 104 Å². The number of aliphatic hydroxyl groups is 1. The van der Waals surface area contributed by atoms with Crippen LogP contribution in [0, 0.1) is 0 Å². The normalized spacial score (nSPS) is 22.2. The smallest absolute Gasteiger partial charge is 0.169 e. The van der Waals surface area contributed by atoms with E-state index in [9.17, 15) is 0 Å². The molecule has 0 aromatic heterocycles. The zero-order valence-corrected chi connectivity index (χ0v) is 11.5. The highest BCUT2D eigenvalue weighted by molar-refractivity contribution is 4.90. The van der Waals surface area contributed by atoms with Gasteiger partial charge in [-0.25, -0.2) is 0 Å². The lowest BCUT2D eigenvalue weighted by Crippen LogP contribution is -2.60. The largest absolute Gasteiger partial charge is 0.395 e. The molecule has 0 unspecified atom stereocenters. The summed E-state index contributed by atoms with van der Waals surface area (Å²) in [7, 11) is 3.34. The van der Waals surface area contributed by atoms with Gasteiger partial charge in [-0.1, -0.05) is 0 Å². The summed E-state index contributed by atoms with van der Waals surface area (Å²) in [5.74, 6) is 0. The van der Waals surface area contributed by atoms with Gasteiger partial charge in [0.1, 0.15) is 0 Å². The lowest BCUT2D eigenvalue weighted by atomic mass is 9.99. The fourth-order valence-corrected chi connectivity index (χ4v) is 2.44. The molecule has 1 rings (SSSR count). The SMILES string of the molecule is COC(CN1CCN(CCO)C(C)(C)C1)OC. The molecule has 0 aromatic carbocycles. The van der Waals surface area contributed by atoms with Crippen LogP contribution >= 0.6 is 0 Å². The molecule has 1 aliphatic rings. The fourth-order valence-electron chi connectivity index (χ4n) is 2.44. The van der Waals surface area contributed by atoms with E-state index in [1.807, 2.05) is 0 Å². The van der Waals surface area contributed by atoms with E-state index in [0.717, 1.165) is 32.7 Å². The van der Waals surface area contributed by atoms with Gasteiger partial charge in [0, 0.05) is 52.5 Å². The number of ether oxygens (including phenoxy) is 2. The standard InChI is InChI=1S/C12H26N2O3/c1-12(2)10-13(9-11(16-3)17-4)5-6-14(12)7-8-15/h11,15H,5-10H2,1-4H3.